The largest absolute Gasteiger partial charge is 0.311 e. The summed E-state index contributed by atoms with van der Waals surface area (Å²) in [5.74, 6) is 0. The van der Waals surface area contributed by atoms with Crippen molar-refractivity contribution < 1.29 is 0 Å². The van der Waals surface area contributed by atoms with E-state index in [2.05, 4.69) is 157 Å². The van der Waals surface area contributed by atoms with E-state index in [0.717, 1.165) is 17.1 Å². The molecule has 1 heteroatoms. The molecule has 0 N–H and O–H groups in total. The van der Waals surface area contributed by atoms with Gasteiger partial charge in [0.2, 0.25) is 0 Å². The van der Waals surface area contributed by atoms with E-state index in [9.17, 15) is 0 Å². The molecule has 0 saturated heterocycles. The van der Waals surface area contributed by atoms with E-state index in [-0.39, 0.29) is 0 Å². The fourth-order valence-corrected chi connectivity index (χ4v) is 4.75. The van der Waals surface area contributed by atoms with Gasteiger partial charge in [0.05, 0.1) is 0 Å². The van der Waals surface area contributed by atoms with Crippen LogP contribution in [-0.4, -0.2) is 0 Å². The Morgan fingerprint density at radius 1 is 0.343 bits per heavy atom. The molecule has 0 saturated carbocycles. The molecule has 35 heavy (non-hydrogen) atoms. The molecular weight excluding hydrogens is 422 g/mol. The first-order valence-electron chi connectivity index (χ1n) is 12.0. The first-order chi connectivity index (χ1) is 17.4. The van der Waals surface area contributed by atoms with Crippen molar-refractivity contribution >= 4 is 27.8 Å². The van der Waals surface area contributed by atoms with Crippen LogP contribution >= 0.6 is 0 Å². The van der Waals surface area contributed by atoms with Gasteiger partial charge in [-0.1, -0.05) is 109 Å². The summed E-state index contributed by atoms with van der Waals surface area (Å²) < 4.78 is 0. The van der Waals surface area contributed by atoms with Crippen LogP contribution in [-0.2, 0) is 0 Å². The van der Waals surface area contributed by atoms with Gasteiger partial charge >= 0.3 is 0 Å². The maximum absolute atomic E-state index is 2.29. The van der Waals surface area contributed by atoms with Gasteiger partial charge in [-0.15, -0.1) is 0 Å². The molecule has 0 aromatic heterocycles. The minimum atomic E-state index is 1.14. The predicted molar refractivity (Wildman–Crippen MR) is 150 cm³/mol. The van der Waals surface area contributed by atoms with E-state index in [1.54, 1.807) is 0 Å². The first kappa shape index (κ1) is 20.9. The van der Waals surface area contributed by atoms with Crippen LogP contribution in [0.2, 0.25) is 0 Å². The molecule has 0 aliphatic rings. The van der Waals surface area contributed by atoms with E-state index in [1.807, 2.05) is 0 Å². The highest BCUT2D eigenvalue weighted by atomic mass is 15.1. The Kier molecular flexibility index (Phi) is 5.58. The third kappa shape index (κ3) is 4.20. The summed E-state index contributed by atoms with van der Waals surface area (Å²) in [5.41, 5.74) is 8.34. The Morgan fingerprint density at radius 3 is 1.60 bits per heavy atom. The van der Waals surface area contributed by atoms with Gasteiger partial charge in [-0.05, 0) is 75.5 Å². The zero-order valence-corrected chi connectivity index (χ0v) is 19.4. The molecular formula is C34H25N. The standard InChI is InChI=1S/C34H25N/c1-3-15-30(16-4-1)35(31-17-5-2-6-18-31)32-23-21-26(22-24-32)28-13-9-14-29(25-28)34-20-10-12-27-11-7-8-19-33(27)34/h1-25H. The van der Waals surface area contributed by atoms with Crippen LogP contribution in [0, 0.1) is 0 Å². The second-order valence-corrected chi connectivity index (χ2v) is 8.66. The Hall–Kier alpha value is -4.62. The summed E-state index contributed by atoms with van der Waals surface area (Å²) in [5, 5.41) is 2.55. The molecule has 6 rings (SSSR count). The highest BCUT2D eigenvalue weighted by molar-refractivity contribution is 5.97. The minimum absolute atomic E-state index is 1.14. The Bertz CT molecular complexity index is 1520. The SMILES string of the molecule is c1ccc(N(c2ccccc2)c2ccc(-c3cccc(-c4cccc5ccccc45)c3)cc2)cc1. The lowest BCUT2D eigenvalue weighted by Gasteiger charge is -2.25. The van der Waals surface area contributed by atoms with Crippen LogP contribution in [0.3, 0.4) is 0 Å². The molecule has 0 amide bonds. The number of hydrogen-bond donors (Lipinski definition) is 0. The Balaban J connectivity index is 1.38. The number of anilines is 3. The number of fused-ring (bicyclic) bond motifs is 1. The molecule has 1 nitrogen and oxygen atoms in total. The number of nitrogens with zero attached hydrogens (tertiary/aromatic N) is 1. The summed E-state index contributed by atoms with van der Waals surface area (Å²) in [6.45, 7) is 0. The molecule has 0 aliphatic carbocycles. The molecule has 6 aromatic rings. The molecule has 0 atom stereocenters. The quantitative estimate of drug-likeness (QED) is 0.254. The Morgan fingerprint density at radius 2 is 0.886 bits per heavy atom. The molecule has 0 heterocycles. The maximum Gasteiger partial charge on any atom is 0.0462 e. The smallest absolute Gasteiger partial charge is 0.0462 e. The highest BCUT2D eigenvalue weighted by Crippen LogP contribution is 2.36. The van der Waals surface area contributed by atoms with Gasteiger partial charge in [0.25, 0.3) is 0 Å². The Labute approximate surface area is 206 Å². The van der Waals surface area contributed by atoms with Crippen LogP contribution in [0.5, 0.6) is 0 Å². The summed E-state index contributed by atoms with van der Waals surface area (Å²) in [6.07, 6.45) is 0. The topological polar surface area (TPSA) is 3.24 Å². The molecule has 0 aliphatic heterocycles. The van der Waals surface area contributed by atoms with Crippen molar-refractivity contribution in [2.75, 3.05) is 4.90 Å². The number of benzene rings is 6. The normalized spacial score (nSPS) is 10.9. The van der Waals surface area contributed by atoms with Crippen molar-refractivity contribution in [3.63, 3.8) is 0 Å². The lowest BCUT2D eigenvalue weighted by molar-refractivity contribution is 1.28. The average molecular weight is 448 g/mol. The average Bonchev–Trinajstić information content (AvgIpc) is 2.94. The van der Waals surface area contributed by atoms with Gasteiger partial charge in [0.1, 0.15) is 0 Å². The molecule has 0 bridgehead atoms. The summed E-state index contributed by atoms with van der Waals surface area (Å²) in [4.78, 5) is 2.29. The zero-order chi connectivity index (χ0) is 23.5. The van der Waals surface area contributed by atoms with Crippen LogP contribution in [0.15, 0.2) is 152 Å². The summed E-state index contributed by atoms with van der Waals surface area (Å²) in [6, 6.07) is 53.8. The van der Waals surface area contributed by atoms with E-state index < -0.39 is 0 Å². The van der Waals surface area contributed by atoms with Gasteiger partial charge in [-0.2, -0.15) is 0 Å². The molecule has 6 aromatic carbocycles. The van der Waals surface area contributed by atoms with Crippen LogP contribution in [0.1, 0.15) is 0 Å². The fraction of sp³-hybridized carbons (Fsp3) is 0. The van der Waals surface area contributed by atoms with Crippen molar-refractivity contribution in [1.82, 2.24) is 0 Å². The van der Waals surface area contributed by atoms with Crippen LogP contribution in [0.25, 0.3) is 33.0 Å². The predicted octanol–water partition coefficient (Wildman–Crippen LogP) is 9.64. The fourth-order valence-electron chi connectivity index (χ4n) is 4.75. The summed E-state index contributed by atoms with van der Waals surface area (Å²) >= 11 is 0. The van der Waals surface area contributed by atoms with Gasteiger partial charge in [-0.25, -0.2) is 0 Å². The molecule has 0 radical (unpaired) electrons. The summed E-state index contributed by atoms with van der Waals surface area (Å²) in [7, 11) is 0. The van der Waals surface area contributed by atoms with Crippen molar-refractivity contribution in [2.24, 2.45) is 0 Å². The lowest BCUT2D eigenvalue weighted by Crippen LogP contribution is -2.09. The lowest BCUT2D eigenvalue weighted by atomic mass is 9.95. The van der Waals surface area contributed by atoms with Gasteiger partial charge in [0, 0.05) is 17.1 Å². The first-order valence-corrected chi connectivity index (χ1v) is 12.0. The van der Waals surface area contributed by atoms with Gasteiger partial charge in [-0.3, -0.25) is 0 Å². The molecule has 0 spiro atoms. The number of hydrogen-bond acceptors (Lipinski definition) is 1. The zero-order valence-electron chi connectivity index (χ0n) is 19.4. The second-order valence-electron chi connectivity index (χ2n) is 8.66. The van der Waals surface area contributed by atoms with Crippen molar-refractivity contribution in [3.8, 4) is 22.3 Å². The number of para-hydroxylation sites is 2. The van der Waals surface area contributed by atoms with Crippen LogP contribution < -0.4 is 4.90 Å². The van der Waals surface area contributed by atoms with Crippen molar-refractivity contribution in [2.45, 2.75) is 0 Å². The van der Waals surface area contributed by atoms with Gasteiger partial charge in [0.15, 0.2) is 0 Å². The monoisotopic (exact) mass is 447 g/mol. The third-order valence-corrected chi connectivity index (χ3v) is 6.45. The molecule has 0 fully saturated rings. The molecule has 166 valence electrons. The van der Waals surface area contributed by atoms with E-state index in [0.29, 0.717) is 0 Å². The van der Waals surface area contributed by atoms with Gasteiger partial charge < -0.3 is 4.90 Å². The van der Waals surface area contributed by atoms with E-state index >= 15 is 0 Å². The van der Waals surface area contributed by atoms with Crippen molar-refractivity contribution in [1.29, 1.82) is 0 Å². The highest BCUT2D eigenvalue weighted by Gasteiger charge is 2.12. The maximum atomic E-state index is 2.29. The van der Waals surface area contributed by atoms with E-state index in [4.69, 9.17) is 0 Å². The number of rotatable bonds is 5. The van der Waals surface area contributed by atoms with Crippen LogP contribution in [0.4, 0.5) is 17.1 Å². The second kappa shape index (κ2) is 9.32. The molecule has 0 unspecified atom stereocenters. The van der Waals surface area contributed by atoms with Crippen molar-refractivity contribution in [3.05, 3.63) is 152 Å². The van der Waals surface area contributed by atoms with E-state index in [1.165, 1.54) is 33.0 Å². The third-order valence-electron chi connectivity index (χ3n) is 6.45. The minimum Gasteiger partial charge on any atom is -0.311 e.